The predicted molar refractivity (Wildman–Crippen MR) is 107 cm³/mol. The van der Waals surface area contributed by atoms with Gasteiger partial charge in [0.15, 0.2) is 5.96 Å². The summed E-state index contributed by atoms with van der Waals surface area (Å²) in [6.45, 7) is 7.28. The van der Waals surface area contributed by atoms with Crippen molar-refractivity contribution in [2.75, 3.05) is 47.5 Å². The van der Waals surface area contributed by atoms with Gasteiger partial charge in [0, 0.05) is 44.5 Å². The number of rotatable bonds is 8. The highest BCUT2D eigenvalue weighted by Gasteiger charge is 2.34. The number of guanidine groups is 1. The standard InChI is InChI=1S/C20H32N4O2/c1-5-12-26-18-9-7-6-8-17(18)15-22-19(21-2)23-16-20(24(3)4)10-13-25-14-11-20/h5-9H,1,10-16H2,2-4H3,(H2,21,22,23). The Hall–Kier alpha value is -2.05. The number of ether oxygens (including phenoxy) is 2. The first kappa shape index (κ1) is 20.3. The molecule has 0 spiro atoms. The predicted octanol–water partition coefficient (Wildman–Crippen LogP) is 2.03. The van der Waals surface area contributed by atoms with Gasteiger partial charge in [0.1, 0.15) is 12.4 Å². The number of nitrogens with one attached hydrogen (secondary N) is 2. The molecule has 0 aromatic heterocycles. The molecule has 0 radical (unpaired) electrons. The summed E-state index contributed by atoms with van der Waals surface area (Å²) < 4.78 is 11.3. The molecule has 2 N–H and O–H groups in total. The minimum absolute atomic E-state index is 0.0981. The minimum Gasteiger partial charge on any atom is -0.489 e. The van der Waals surface area contributed by atoms with Crippen molar-refractivity contribution in [3.63, 3.8) is 0 Å². The summed E-state index contributed by atoms with van der Waals surface area (Å²) in [5, 5.41) is 6.86. The maximum Gasteiger partial charge on any atom is 0.191 e. The second kappa shape index (κ2) is 10.2. The van der Waals surface area contributed by atoms with Gasteiger partial charge in [-0.1, -0.05) is 30.9 Å². The zero-order valence-electron chi connectivity index (χ0n) is 16.3. The molecule has 1 fully saturated rings. The molecular formula is C20H32N4O2. The Bertz CT molecular complexity index is 595. The van der Waals surface area contributed by atoms with Crippen LogP contribution in [0.3, 0.4) is 0 Å². The van der Waals surface area contributed by atoms with E-state index in [1.165, 1.54) is 0 Å². The van der Waals surface area contributed by atoms with Crippen molar-refractivity contribution in [2.24, 2.45) is 4.99 Å². The third-order valence-electron chi connectivity index (χ3n) is 4.96. The van der Waals surface area contributed by atoms with Gasteiger partial charge in [-0.2, -0.15) is 0 Å². The second-order valence-corrected chi connectivity index (χ2v) is 6.72. The van der Waals surface area contributed by atoms with Crippen LogP contribution >= 0.6 is 0 Å². The molecule has 1 aromatic carbocycles. The van der Waals surface area contributed by atoms with Crippen LogP contribution < -0.4 is 15.4 Å². The molecule has 0 amide bonds. The number of hydrogen-bond acceptors (Lipinski definition) is 4. The molecule has 1 aromatic rings. The molecule has 1 aliphatic rings. The third-order valence-corrected chi connectivity index (χ3v) is 4.96. The summed E-state index contributed by atoms with van der Waals surface area (Å²) in [5.74, 6) is 1.65. The van der Waals surface area contributed by atoms with Crippen LogP contribution in [-0.4, -0.2) is 63.9 Å². The first-order valence-electron chi connectivity index (χ1n) is 9.12. The first-order valence-corrected chi connectivity index (χ1v) is 9.12. The van der Waals surface area contributed by atoms with Crippen molar-refractivity contribution in [3.8, 4) is 5.75 Å². The first-order chi connectivity index (χ1) is 12.6. The molecule has 144 valence electrons. The number of nitrogens with zero attached hydrogens (tertiary/aromatic N) is 2. The zero-order chi connectivity index (χ0) is 18.8. The SMILES string of the molecule is C=CCOc1ccccc1CNC(=NC)NCC1(N(C)C)CCOCC1. The number of hydrogen-bond donors (Lipinski definition) is 2. The van der Waals surface area contributed by atoms with Gasteiger partial charge < -0.3 is 25.0 Å². The Morgan fingerprint density at radius 2 is 2.04 bits per heavy atom. The molecule has 0 aliphatic carbocycles. The van der Waals surface area contributed by atoms with E-state index in [-0.39, 0.29) is 5.54 Å². The second-order valence-electron chi connectivity index (χ2n) is 6.72. The quantitative estimate of drug-likeness (QED) is 0.422. The van der Waals surface area contributed by atoms with Crippen LogP contribution in [0.5, 0.6) is 5.75 Å². The fraction of sp³-hybridized carbons (Fsp3) is 0.550. The summed E-state index contributed by atoms with van der Waals surface area (Å²) in [6, 6.07) is 8.01. The third kappa shape index (κ3) is 5.47. The van der Waals surface area contributed by atoms with Gasteiger partial charge in [0.25, 0.3) is 0 Å². The van der Waals surface area contributed by atoms with Crippen molar-refractivity contribution in [3.05, 3.63) is 42.5 Å². The number of aliphatic imine (C=N–C) groups is 1. The summed E-state index contributed by atoms with van der Waals surface area (Å²) in [4.78, 5) is 6.66. The van der Waals surface area contributed by atoms with Gasteiger partial charge in [-0.25, -0.2) is 0 Å². The topological polar surface area (TPSA) is 58.1 Å². The number of likely N-dealkylation sites (N-methyl/N-ethyl adjacent to an activating group) is 1. The van der Waals surface area contributed by atoms with Crippen LogP contribution in [0.2, 0.25) is 0 Å². The van der Waals surface area contributed by atoms with E-state index in [9.17, 15) is 0 Å². The van der Waals surface area contributed by atoms with Crippen LogP contribution in [0.15, 0.2) is 41.9 Å². The average Bonchev–Trinajstić information content (AvgIpc) is 2.67. The van der Waals surface area contributed by atoms with E-state index in [1.807, 2.05) is 18.2 Å². The van der Waals surface area contributed by atoms with Crippen LogP contribution in [-0.2, 0) is 11.3 Å². The highest BCUT2D eigenvalue weighted by Crippen LogP contribution is 2.25. The molecular weight excluding hydrogens is 328 g/mol. The van der Waals surface area contributed by atoms with Gasteiger partial charge >= 0.3 is 0 Å². The lowest BCUT2D eigenvalue weighted by molar-refractivity contribution is -0.00501. The van der Waals surface area contributed by atoms with Crippen molar-refractivity contribution in [2.45, 2.75) is 24.9 Å². The lowest BCUT2D eigenvalue weighted by Gasteiger charge is -2.43. The van der Waals surface area contributed by atoms with E-state index in [0.717, 1.165) is 49.9 Å². The van der Waals surface area contributed by atoms with Crippen molar-refractivity contribution < 1.29 is 9.47 Å². The summed E-state index contributed by atoms with van der Waals surface area (Å²) in [6.07, 6.45) is 3.78. The van der Waals surface area contributed by atoms with Crippen molar-refractivity contribution in [1.82, 2.24) is 15.5 Å². The normalized spacial score (nSPS) is 17.0. The Kier molecular flexibility index (Phi) is 7.94. The fourth-order valence-electron chi connectivity index (χ4n) is 3.12. The van der Waals surface area contributed by atoms with Crippen molar-refractivity contribution in [1.29, 1.82) is 0 Å². The molecule has 0 unspecified atom stereocenters. The largest absolute Gasteiger partial charge is 0.489 e. The number of para-hydroxylation sites is 1. The Morgan fingerprint density at radius 3 is 2.69 bits per heavy atom. The lowest BCUT2D eigenvalue weighted by atomic mass is 9.88. The Morgan fingerprint density at radius 1 is 1.31 bits per heavy atom. The van der Waals surface area contributed by atoms with Crippen molar-refractivity contribution >= 4 is 5.96 Å². The van der Waals surface area contributed by atoms with E-state index in [2.05, 4.69) is 47.3 Å². The van der Waals surface area contributed by atoms with Gasteiger partial charge in [-0.3, -0.25) is 4.99 Å². The van der Waals surface area contributed by atoms with E-state index < -0.39 is 0 Å². The maximum atomic E-state index is 5.72. The van der Waals surface area contributed by atoms with Crippen LogP contribution in [0.1, 0.15) is 18.4 Å². The Balaban J connectivity index is 1.93. The molecule has 26 heavy (non-hydrogen) atoms. The Labute approximate surface area is 157 Å². The molecule has 1 saturated heterocycles. The molecule has 1 aliphatic heterocycles. The molecule has 0 atom stereocenters. The summed E-state index contributed by atoms with van der Waals surface area (Å²) in [5.41, 5.74) is 1.19. The van der Waals surface area contributed by atoms with Crippen LogP contribution in [0.25, 0.3) is 0 Å². The molecule has 0 bridgehead atoms. The lowest BCUT2D eigenvalue weighted by Crippen LogP contribution is -2.57. The number of benzene rings is 1. The van der Waals surface area contributed by atoms with Gasteiger partial charge in [0.2, 0.25) is 0 Å². The van der Waals surface area contributed by atoms with Crippen LogP contribution in [0, 0.1) is 0 Å². The maximum absolute atomic E-state index is 5.72. The van der Waals surface area contributed by atoms with E-state index >= 15 is 0 Å². The highest BCUT2D eigenvalue weighted by molar-refractivity contribution is 5.79. The summed E-state index contributed by atoms with van der Waals surface area (Å²) >= 11 is 0. The fourth-order valence-corrected chi connectivity index (χ4v) is 3.12. The molecule has 6 heteroatoms. The average molecular weight is 361 g/mol. The zero-order valence-corrected chi connectivity index (χ0v) is 16.3. The van der Waals surface area contributed by atoms with E-state index in [0.29, 0.717) is 13.2 Å². The smallest absolute Gasteiger partial charge is 0.191 e. The molecule has 1 heterocycles. The molecule has 6 nitrogen and oxygen atoms in total. The monoisotopic (exact) mass is 360 g/mol. The van der Waals surface area contributed by atoms with Gasteiger partial charge in [-0.15, -0.1) is 0 Å². The molecule has 2 rings (SSSR count). The van der Waals surface area contributed by atoms with Gasteiger partial charge in [-0.05, 0) is 33.0 Å². The highest BCUT2D eigenvalue weighted by atomic mass is 16.5. The van der Waals surface area contributed by atoms with Gasteiger partial charge in [0.05, 0.1) is 0 Å². The van der Waals surface area contributed by atoms with Crippen LogP contribution in [0.4, 0.5) is 0 Å². The van der Waals surface area contributed by atoms with E-state index in [1.54, 1.807) is 13.1 Å². The summed E-state index contributed by atoms with van der Waals surface area (Å²) in [7, 11) is 6.06. The molecule has 0 saturated carbocycles. The van der Waals surface area contributed by atoms with E-state index in [4.69, 9.17) is 9.47 Å². The minimum atomic E-state index is 0.0981.